The number of esters is 3. The number of rotatable bonds is 18. The smallest absolute Gasteiger partial charge is 0.359 e. The van der Waals surface area contributed by atoms with Crippen LogP contribution in [0.1, 0.15) is 217 Å². The molecule has 1 saturated heterocycles. The van der Waals surface area contributed by atoms with E-state index in [1.54, 1.807) is 0 Å². The SMILES string of the molecule is CC(C)CCC[C@@H](C)[C@H]1CC[C@H]2[C@@H]3CC=C4C[C@@H](OC(=O)C(OC(=O)CCN5CCOCC5)C(=O)O[C@H]5CC[C@@]6(C)C(=CC[C@H]7[C@@H]8CC[C@H]([C@H](C)CCCC(C)C)[C@@]8(C)CC[C@@H]76)C5)CC[C@]4(C)[C@H]3CC[C@]12C. The highest BCUT2D eigenvalue weighted by molar-refractivity contribution is 6.00. The van der Waals surface area contributed by atoms with Gasteiger partial charge in [0.25, 0.3) is 6.10 Å². The molecule has 0 N–H and O–H groups in total. The zero-order valence-corrected chi connectivity index (χ0v) is 47.4. The molecule has 0 aromatic rings. The third-order valence-corrected chi connectivity index (χ3v) is 23.5. The fourth-order valence-corrected chi connectivity index (χ4v) is 19.4. The Labute approximate surface area is 438 Å². The first-order valence-electron chi connectivity index (χ1n) is 30.6. The van der Waals surface area contributed by atoms with Gasteiger partial charge in [0.05, 0.1) is 19.6 Å². The molecule has 7 fully saturated rings. The van der Waals surface area contributed by atoms with Crippen molar-refractivity contribution in [3.05, 3.63) is 23.3 Å². The molecule has 72 heavy (non-hydrogen) atoms. The lowest BCUT2D eigenvalue weighted by Gasteiger charge is -2.58. The molecule has 8 heteroatoms. The van der Waals surface area contributed by atoms with Crippen LogP contribution < -0.4 is 0 Å². The van der Waals surface area contributed by atoms with E-state index in [2.05, 4.69) is 86.3 Å². The van der Waals surface area contributed by atoms with Gasteiger partial charge in [-0.05, 0) is 183 Å². The van der Waals surface area contributed by atoms with E-state index in [0.717, 1.165) is 111 Å². The molecule has 8 nitrogen and oxygen atoms in total. The third-order valence-electron chi connectivity index (χ3n) is 23.5. The Kier molecular flexibility index (Phi) is 17.0. The zero-order valence-electron chi connectivity index (χ0n) is 47.4. The van der Waals surface area contributed by atoms with E-state index in [1.807, 2.05) is 0 Å². The summed E-state index contributed by atoms with van der Waals surface area (Å²) in [4.78, 5) is 44.5. The summed E-state index contributed by atoms with van der Waals surface area (Å²) in [7, 11) is 0. The van der Waals surface area contributed by atoms with Gasteiger partial charge in [-0.1, -0.05) is 131 Å². The first-order valence-corrected chi connectivity index (χ1v) is 30.6. The Bertz CT molecular complexity index is 1850. The van der Waals surface area contributed by atoms with E-state index in [4.69, 9.17) is 18.9 Å². The molecule has 0 amide bonds. The van der Waals surface area contributed by atoms with Gasteiger partial charge in [0.1, 0.15) is 12.2 Å². The number of ether oxygens (including phenoxy) is 4. The van der Waals surface area contributed by atoms with Crippen LogP contribution in [0.2, 0.25) is 0 Å². The van der Waals surface area contributed by atoms with Crippen LogP contribution in [0, 0.1) is 92.7 Å². The monoisotopic (exact) mass is 998 g/mol. The number of hydrogen-bond donors (Lipinski definition) is 0. The first-order chi connectivity index (χ1) is 34.3. The van der Waals surface area contributed by atoms with Gasteiger partial charge in [-0.2, -0.15) is 0 Å². The molecule has 8 aliphatic carbocycles. The van der Waals surface area contributed by atoms with Gasteiger partial charge < -0.3 is 18.9 Å². The lowest BCUT2D eigenvalue weighted by Crippen LogP contribution is -2.51. The molecule has 0 spiro atoms. The summed E-state index contributed by atoms with van der Waals surface area (Å²) >= 11 is 0. The van der Waals surface area contributed by atoms with Gasteiger partial charge in [-0.3, -0.25) is 9.69 Å². The molecule has 0 unspecified atom stereocenters. The fraction of sp³-hybridized carbons (Fsp3) is 0.891. The van der Waals surface area contributed by atoms with Crippen LogP contribution >= 0.6 is 0 Å². The molecule has 9 aliphatic rings. The average Bonchev–Trinajstić information content (AvgIpc) is 3.89. The zero-order chi connectivity index (χ0) is 51.2. The maximum absolute atomic E-state index is 14.4. The highest BCUT2D eigenvalue weighted by Gasteiger charge is 2.61. The molecule has 0 aromatic heterocycles. The number of morpholine rings is 1. The summed E-state index contributed by atoms with van der Waals surface area (Å²) in [6.07, 6.45) is 28.7. The normalized spacial score (nSPS) is 40.8. The van der Waals surface area contributed by atoms with Crippen LogP contribution in [0.15, 0.2) is 23.3 Å². The number of nitrogens with zero attached hydrogens (tertiary/aromatic N) is 1. The van der Waals surface area contributed by atoms with E-state index in [1.165, 1.54) is 101 Å². The van der Waals surface area contributed by atoms with Crippen LogP contribution in [0.25, 0.3) is 0 Å². The molecule has 0 aromatic carbocycles. The average molecular weight is 999 g/mol. The van der Waals surface area contributed by atoms with Crippen molar-refractivity contribution in [2.24, 2.45) is 92.7 Å². The minimum atomic E-state index is -1.73. The number of carbonyl (C=O) groups excluding carboxylic acids is 3. The third kappa shape index (κ3) is 10.9. The number of hydrogen-bond acceptors (Lipinski definition) is 8. The van der Waals surface area contributed by atoms with Crippen LogP contribution in [0.4, 0.5) is 0 Å². The predicted octanol–water partition coefficient (Wildman–Crippen LogP) is 14.5. The lowest BCUT2D eigenvalue weighted by molar-refractivity contribution is -0.187. The minimum Gasteiger partial charge on any atom is -0.459 e. The maximum atomic E-state index is 14.4. The predicted molar refractivity (Wildman–Crippen MR) is 288 cm³/mol. The second-order valence-corrected chi connectivity index (χ2v) is 28.3. The van der Waals surface area contributed by atoms with Crippen LogP contribution in [-0.2, 0) is 33.3 Å². The Morgan fingerprint density at radius 1 is 0.597 bits per heavy atom. The van der Waals surface area contributed by atoms with Crippen LogP contribution in [0.3, 0.4) is 0 Å². The van der Waals surface area contributed by atoms with Gasteiger partial charge in [-0.25, -0.2) is 9.59 Å². The summed E-state index contributed by atoms with van der Waals surface area (Å²) in [6, 6.07) is 0. The van der Waals surface area contributed by atoms with Gasteiger partial charge in [0.15, 0.2) is 0 Å². The largest absolute Gasteiger partial charge is 0.459 e. The fourth-order valence-electron chi connectivity index (χ4n) is 19.4. The highest BCUT2D eigenvalue weighted by atomic mass is 16.6. The number of fused-ring (bicyclic) bond motifs is 10. The molecule has 6 saturated carbocycles. The molecule has 406 valence electrons. The Hall–Kier alpha value is -2.19. The highest BCUT2D eigenvalue weighted by Crippen LogP contribution is 2.69. The second-order valence-electron chi connectivity index (χ2n) is 28.3. The Balaban J connectivity index is 0.834. The van der Waals surface area contributed by atoms with Crippen molar-refractivity contribution in [1.82, 2.24) is 4.90 Å². The van der Waals surface area contributed by atoms with E-state index in [-0.39, 0.29) is 29.5 Å². The van der Waals surface area contributed by atoms with Gasteiger partial charge in [0.2, 0.25) is 0 Å². The van der Waals surface area contributed by atoms with E-state index in [9.17, 15) is 14.4 Å². The van der Waals surface area contributed by atoms with Crippen molar-refractivity contribution >= 4 is 17.9 Å². The molecule has 0 bridgehead atoms. The van der Waals surface area contributed by atoms with E-state index >= 15 is 0 Å². The summed E-state index contributed by atoms with van der Waals surface area (Å²) in [6.45, 7) is 28.1. The van der Waals surface area contributed by atoms with Crippen molar-refractivity contribution in [2.45, 2.75) is 235 Å². The van der Waals surface area contributed by atoms with Gasteiger partial charge in [0, 0.05) is 32.5 Å². The Morgan fingerprint density at radius 2 is 1.06 bits per heavy atom. The summed E-state index contributed by atoms with van der Waals surface area (Å²) in [5.41, 5.74) is 3.95. The molecule has 16 atom stereocenters. The lowest BCUT2D eigenvalue weighted by atomic mass is 9.47. The minimum absolute atomic E-state index is 0.0845. The molecule has 0 radical (unpaired) electrons. The maximum Gasteiger partial charge on any atom is 0.359 e. The van der Waals surface area contributed by atoms with Crippen LogP contribution in [0.5, 0.6) is 0 Å². The van der Waals surface area contributed by atoms with E-state index < -0.39 is 24.0 Å². The molecule has 9 rings (SSSR count). The van der Waals surface area contributed by atoms with Crippen molar-refractivity contribution in [3.63, 3.8) is 0 Å². The standard InChI is InChI=1S/C64H103NO7/c1-41(2)13-11-15-43(5)51-21-23-53-49-19-17-45-39-47(25-30-61(45,7)55(49)27-32-63(51,53)9)70-59(67)58(72-57(66)29-34-65-35-37-69-38-36-65)60(68)71-48-26-31-62(8)46(40-48)18-20-50-54-24-22-52(44(6)16-12-14-42(3)4)64(54,10)33-28-56(50)62/h17-18,41-44,47-56,58H,11-16,19-40H2,1-10H3/t43-,44-,47+,48+,49+,50+,51-,52-,53+,54+,55+,56+,61+,62+,63-,64-/m1/s1. The van der Waals surface area contributed by atoms with Crippen molar-refractivity contribution < 1.29 is 33.3 Å². The molecule has 1 aliphatic heterocycles. The molecule has 1 heterocycles. The topological polar surface area (TPSA) is 91.4 Å². The summed E-state index contributed by atoms with van der Waals surface area (Å²) < 4.78 is 24.0. The Morgan fingerprint density at radius 3 is 1.50 bits per heavy atom. The van der Waals surface area contributed by atoms with Gasteiger partial charge >= 0.3 is 17.9 Å². The van der Waals surface area contributed by atoms with Crippen molar-refractivity contribution in [1.29, 1.82) is 0 Å². The summed E-state index contributed by atoms with van der Waals surface area (Å²) in [5.74, 6) is 7.05. The molecular weight excluding hydrogens is 895 g/mol. The quantitative estimate of drug-likeness (QED) is 0.0580. The molecular formula is C64H103NO7. The van der Waals surface area contributed by atoms with Gasteiger partial charge in [-0.15, -0.1) is 0 Å². The number of allylic oxidation sites excluding steroid dienone is 2. The van der Waals surface area contributed by atoms with E-state index in [0.29, 0.717) is 55.3 Å². The number of carbonyl (C=O) groups is 3. The van der Waals surface area contributed by atoms with Crippen molar-refractivity contribution in [3.8, 4) is 0 Å². The van der Waals surface area contributed by atoms with Crippen molar-refractivity contribution in [2.75, 3.05) is 32.8 Å². The first kappa shape index (κ1) is 54.6. The second kappa shape index (κ2) is 22.4. The van der Waals surface area contributed by atoms with Crippen LogP contribution in [-0.4, -0.2) is 74.0 Å². The summed E-state index contributed by atoms with van der Waals surface area (Å²) in [5, 5.41) is 0.